The van der Waals surface area contributed by atoms with Gasteiger partial charge in [0, 0.05) is 12.8 Å². The maximum absolute atomic E-state index is 12.6. The van der Waals surface area contributed by atoms with Gasteiger partial charge >= 0.3 is 25.7 Å². The number of ether oxygens (including phenoxy) is 2. The molecule has 3 atom stereocenters. The van der Waals surface area contributed by atoms with Crippen molar-refractivity contribution in [2.24, 2.45) is 5.73 Å². The van der Waals surface area contributed by atoms with Crippen molar-refractivity contribution in [1.82, 2.24) is 0 Å². The predicted molar refractivity (Wildman–Crippen MR) is 226 cm³/mol. The van der Waals surface area contributed by atoms with E-state index in [0.717, 1.165) is 51.4 Å². The number of hydrogen-bond donors (Lipinski definition) is 3. The minimum atomic E-state index is -4.72. The highest BCUT2D eigenvalue weighted by molar-refractivity contribution is 7.47. The van der Waals surface area contributed by atoms with Crippen molar-refractivity contribution >= 4 is 25.7 Å². The Morgan fingerprint density at radius 1 is 0.554 bits per heavy atom. The molecule has 0 saturated carbocycles. The van der Waals surface area contributed by atoms with Crippen molar-refractivity contribution < 1.29 is 47.5 Å². The monoisotopic (exact) mass is 814 g/mol. The first kappa shape index (κ1) is 53.7. The van der Waals surface area contributed by atoms with E-state index in [4.69, 9.17) is 24.8 Å². The third-order valence-corrected chi connectivity index (χ3v) is 10.3. The summed E-state index contributed by atoms with van der Waals surface area (Å²) in [5.74, 6) is -2.42. The molecule has 0 bridgehead atoms. The van der Waals surface area contributed by atoms with Gasteiger partial charge in [-0.15, -0.1) is 0 Å². The number of allylic oxidation sites excluding steroid dienone is 6. The molecule has 4 N–H and O–H groups in total. The molecule has 0 aromatic carbocycles. The summed E-state index contributed by atoms with van der Waals surface area (Å²) in [6.45, 7) is 2.75. The van der Waals surface area contributed by atoms with E-state index in [1.54, 1.807) is 0 Å². The summed E-state index contributed by atoms with van der Waals surface area (Å²) in [5, 5.41) is 8.88. The van der Waals surface area contributed by atoms with Crippen molar-refractivity contribution in [3.8, 4) is 0 Å². The molecule has 0 aliphatic carbocycles. The summed E-state index contributed by atoms with van der Waals surface area (Å²) in [5.41, 5.74) is 5.33. The Balaban J connectivity index is 4.39. The number of rotatable bonds is 41. The Morgan fingerprint density at radius 2 is 0.946 bits per heavy atom. The molecule has 0 amide bonds. The van der Waals surface area contributed by atoms with Crippen LogP contribution in [0.2, 0.25) is 0 Å². The lowest BCUT2D eigenvalue weighted by Crippen LogP contribution is -2.34. The highest BCUT2D eigenvalue weighted by Crippen LogP contribution is 2.43. The molecule has 0 fully saturated rings. The number of phosphoric ester groups is 1. The zero-order chi connectivity index (χ0) is 41.4. The number of carboxylic acids is 1. The van der Waals surface area contributed by atoms with Crippen molar-refractivity contribution in [3.05, 3.63) is 36.5 Å². The summed E-state index contributed by atoms with van der Waals surface area (Å²) in [6.07, 6.45) is 42.1. The molecule has 0 aliphatic rings. The van der Waals surface area contributed by atoms with Gasteiger partial charge in [-0.25, -0.2) is 4.57 Å². The van der Waals surface area contributed by atoms with E-state index in [9.17, 15) is 23.8 Å². The number of nitrogens with two attached hydrogens (primary N) is 1. The lowest BCUT2D eigenvalue weighted by molar-refractivity contribution is -0.161. The minimum absolute atomic E-state index is 0.114. The zero-order valence-corrected chi connectivity index (χ0v) is 36.1. The lowest BCUT2D eigenvalue weighted by atomic mass is 10.0. The van der Waals surface area contributed by atoms with Gasteiger partial charge in [-0.1, -0.05) is 166 Å². The second-order valence-electron chi connectivity index (χ2n) is 14.8. The summed E-state index contributed by atoms with van der Waals surface area (Å²) in [6, 6.07) is -1.53. The van der Waals surface area contributed by atoms with Gasteiger partial charge in [-0.2, -0.15) is 0 Å². The van der Waals surface area contributed by atoms with E-state index in [1.165, 1.54) is 103 Å². The first-order valence-electron chi connectivity index (χ1n) is 22.0. The van der Waals surface area contributed by atoms with Crippen molar-refractivity contribution in [3.63, 3.8) is 0 Å². The number of carbonyl (C=O) groups is 3. The number of unbranched alkanes of at least 4 members (excludes halogenated alkanes) is 21. The molecule has 0 aliphatic heterocycles. The highest BCUT2D eigenvalue weighted by Gasteiger charge is 2.28. The number of aliphatic carboxylic acids is 1. The van der Waals surface area contributed by atoms with E-state index in [-0.39, 0.29) is 19.4 Å². The van der Waals surface area contributed by atoms with Gasteiger partial charge < -0.3 is 25.2 Å². The van der Waals surface area contributed by atoms with Crippen LogP contribution in [-0.2, 0) is 37.5 Å². The van der Waals surface area contributed by atoms with Gasteiger partial charge in [-0.05, 0) is 51.4 Å². The predicted octanol–water partition coefficient (Wildman–Crippen LogP) is 11.6. The van der Waals surface area contributed by atoms with Gasteiger partial charge in [0.2, 0.25) is 0 Å². The first-order valence-corrected chi connectivity index (χ1v) is 23.5. The zero-order valence-electron chi connectivity index (χ0n) is 35.2. The van der Waals surface area contributed by atoms with Gasteiger partial charge in [0.15, 0.2) is 6.10 Å². The number of hydrogen-bond acceptors (Lipinski definition) is 9. The van der Waals surface area contributed by atoms with Gasteiger partial charge in [-0.3, -0.25) is 23.4 Å². The minimum Gasteiger partial charge on any atom is -0.480 e. The smallest absolute Gasteiger partial charge is 0.472 e. The van der Waals surface area contributed by atoms with Crippen LogP contribution in [0, 0.1) is 0 Å². The normalized spacial score (nSPS) is 14.1. The fourth-order valence-corrected chi connectivity index (χ4v) is 6.67. The van der Waals surface area contributed by atoms with Crippen LogP contribution in [0.15, 0.2) is 36.5 Å². The largest absolute Gasteiger partial charge is 0.480 e. The Kier molecular flexibility index (Phi) is 37.9. The van der Waals surface area contributed by atoms with Crippen LogP contribution in [-0.4, -0.2) is 59.9 Å². The van der Waals surface area contributed by atoms with E-state index in [2.05, 4.69) is 54.8 Å². The first-order chi connectivity index (χ1) is 27.1. The standard InChI is InChI=1S/C44H80NO10P/c1-3-5-7-9-11-13-15-17-19-20-22-23-25-27-29-31-33-35-42(46)52-37-40(38-53-56(50,51)54-39-41(45)44(48)49)55-43(47)36-34-32-30-28-26-24-21-18-16-14-12-10-8-6-4-2/h12,14,18,21,26,28,40-41H,3-11,13,15-17,19-20,22-25,27,29-39,45H2,1-2H3,(H,48,49)(H,50,51)/b14-12-,21-18-,28-26-/t40-,41+/m1/s1. The molecule has 0 rings (SSSR count). The molecule has 0 spiro atoms. The molecule has 11 nitrogen and oxygen atoms in total. The molecule has 0 heterocycles. The summed E-state index contributed by atoms with van der Waals surface area (Å²) >= 11 is 0. The third kappa shape index (κ3) is 38.6. The van der Waals surface area contributed by atoms with Crippen molar-refractivity contribution in [2.75, 3.05) is 19.8 Å². The van der Waals surface area contributed by atoms with E-state index in [1.807, 2.05) is 0 Å². The summed E-state index contributed by atoms with van der Waals surface area (Å²) in [4.78, 5) is 45.9. The fourth-order valence-electron chi connectivity index (χ4n) is 5.90. The molecule has 0 aromatic rings. The van der Waals surface area contributed by atoms with Gasteiger partial charge in [0.25, 0.3) is 0 Å². The van der Waals surface area contributed by atoms with Crippen molar-refractivity contribution in [2.45, 2.75) is 206 Å². The Morgan fingerprint density at radius 3 is 1.45 bits per heavy atom. The molecule has 0 radical (unpaired) electrons. The molecular formula is C44H80NO10P. The van der Waals surface area contributed by atoms with E-state index in [0.29, 0.717) is 12.8 Å². The SMILES string of the molecule is CCCCC/C=C\C/C=C\C/C=C\CCCCC(=O)O[C@H](COC(=O)CCCCCCCCCCCCCCCCCCC)COP(=O)(O)OC[C@H](N)C(=O)O. The molecule has 56 heavy (non-hydrogen) atoms. The maximum atomic E-state index is 12.6. The molecule has 12 heteroatoms. The van der Waals surface area contributed by atoms with Crippen LogP contribution in [0.5, 0.6) is 0 Å². The van der Waals surface area contributed by atoms with Crippen LogP contribution >= 0.6 is 7.82 Å². The number of carboxylic acid groups (broad SMARTS) is 1. The lowest BCUT2D eigenvalue weighted by Gasteiger charge is -2.20. The van der Waals surface area contributed by atoms with Crippen LogP contribution in [0.25, 0.3) is 0 Å². The summed E-state index contributed by atoms with van der Waals surface area (Å²) < 4.78 is 32.7. The average Bonchev–Trinajstić information content (AvgIpc) is 3.17. The number of carbonyl (C=O) groups excluding carboxylic acids is 2. The number of esters is 2. The fraction of sp³-hybridized carbons (Fsp3) is 0.795. The maximum Gasteiger partial charge on any atom is 0.472 e. The summed E-state index contributed by atoms with van der Waals surface area (Å²) in [7, 11) is -4.72. The Hall–Kier alpha value is -2.30. The number of phosphoric acid groups is 1. The molecule has 1 unspecified atom stereocenters. The third-order valence-electron chi connectivity index (χ3n) is 9.39. The topological polar surface area (TPSA) is 172 Å². The van der Waals surface area contributed by atoms with Crippen LogP contribution in [0.3, 0.4) is 0 Å². The average molecular weight is 814 g/mol. The second-order valence-corrected chi connectivity index (χ2v) is 16.3. The molecule has 0 saturated heterocycles. The quantitative estimate of drug-likeness (QED) is 0.0232. The van der Waals surface area contributed by atoms with Crippen LogP contribution in [0.1, 0.15) is 194 Å². The Labute approximate surface area is 340 Å². The van der Waals surface area contributed by atoms with Gasteiger partial charge in [0.05, 0.1) is 13.2 Å². The van der Waals surface area contributed by atoms with E-state index >= 15 is 0 Å². The Bertz CT molecular complexity index is 1100. The second kappa shape index (κ2) is 39.5. The van der Waals surface area contributed by atoms with Crippen LogP contribution < -0.4 is 5.73 Å². The molecular weight excluding hydrogens is 733 g/mol. The highest BCUT2D eigenvalue weighted by atomic mass is 31.2. The van der Waals surface area contributed by atoms with Gasteiger partial charge in [0.1, 0.15) is 12.6 Å². The van der Waals surface area contributed by atoms with Crippen molar-refractivity contribution in [1.29, 1.82) is 0 Å². The molecule has 0 aromatic heterocycles. The molecule has 326 valence electrons. The van der Waals surface area contributed by atoms with E-state index < -0.39 is 51.1 Å². The van der Waals surface area contributed by atoms with Crippen LogP contribution in [0.4, 0.5) is 0 Å².